The van der Waals surface area contributed by atoms with Crippen LogP contribution in [-0.4, -0.2) is 97.5 Å². The topological polar surface area (TPSA) is 132 Å². The van der Waals surface area contributed by atoms with Crippen LogP contribution >= 0.6 is 0 Å². The molecular formula is C29H38N10O2S. The molecule has 1 aliphatic heterocycles. The Morgan fingerprint density at radius 3 is 2.67 bits per heavy atom. The van der Waals surface area contributed by atoms with Crippen LogP contribution in [0.1, 0.15) is 29.2 Å². The zero-order valence-electron chi connectivity index (χ0n) is 24.8. The molecule has 5 rings (SSSR count). The van der Waals surface area contributed by atoms with Gasteiger partial charge in [0.1, 0.15) is 11.4 Å². The van der Waals surface area contributed by atoms with Gasteiger partial charge in [-0.05, 0) is 56.7 Å². The SMILES string of the molecule is C=C(c1cc2cnc(Nc3ccc(C4CCNC4)cc3)nc2n(Cc2nnn(C)c2[S+]([O-])CCN(C)C)c1=O)N(C)C. The lowest BCUT2D eigenvalue weighted by atomic mass is 9.98. The van der Waals surface area contributed by atoms with Crippen LogP contribution in [0.15, 0.2) is 52.9 Å². The number of nitrogens with one attached hydrogen (secondary N) is 2. The van der Waals surface area contributed by atoms with E-state index in [9.17, 15) is 9.35 Å². The number of hydrogen-bond acceptors (Lipinski definition) is 10. The maximum Gasteiger partial charge on any atom is 0.268 e. The highest BCUT2D eigenvalue weighted by Crippen LogP contribution is 2.25. The number of benzene rings is 1. The van der Waals surface area contributed by atoms with E-state index in [0.29, 0.717) is 57.2 Å². The molecule has 1 aliphatic rings. The highest BCUT2D eigenvalue weighted by atomic mass is 32.2. The summed E-state index contributed by atoms with van der Waals surface area (Å²) in [6.45, 7) is 6.83. The fourth-order valence-electron chi connectivity index (χ4n) is 5.00. The summed E-state index contributed by atoms with van der Waals surface area (Å²) < 4.78 is 16.3. The van der Waals surface area contributed by atoms with E-state index in [-0.39, 0.29) is 12.1 Å². The summed E-state index contributed by atoms with van der Waals surface area (Å²) in [5, 5.41) is 16.3. The van der Waals surface area contributed by atoms with E-state index >= 15 is 0 Å². The minimum Gasteiger partial charge on any atom is -0.610 e. The van der Waals surface area contributed by atoms with Crippen molar-refractivity contribution in [2.24, 2.45) is 7.05 Å². The highest BCUT2D eigenvalue weighted by molar-refractivity contribution is 7.91. The van der Waals surface area contributed by atoms with Crippen molar-refractivity contribution in [1.82, 2.24) is 44.6 Å². The number of aryl methyl sites for hydroxylation is 1. The van der Waals surface area contributed by atoms with Crippen molar-refractivity contribution in [1.29, 1.82) is 0 Å². The Balaban J connectivity index is 1.53. The van der Waals surface area contributed by atoms with Gasteiger partial charge in [0, 0.05) is 68.4 Å². The number of hydrogen-bond donors (Lipinski definition) is 2. The molecule has 4 heterocycles. The lowest BCUT2D eigenvalue weighted by Gasteiger charge is -2.18. The van der Waals surface area contributed by atoms with Crippen molar-refractivity contribution in [3.63, 3.8) is 0 Å². The van der Waals surface area contributed by atoms with Gasteiger partial charge in [0.2, 0.25) is 5.95 Å². The first-order chi connectivity index (χ1) is 20.1. The fraction of sp³-hybridized carbons (Fsp3) is 0.414. The van der Waals surface area contributed by atoms with Gasteiger partial charge in [0.25, 0.3) is 10.6 Å². The van der Waals surface area contributed by atoms with E-state index in [0.717, 1.165) is 25.2 Å². The minimum absolute atomic E-state index is 0.0430. The van der Waals surface area contributed by atoms with Crippen LogP contribution < -0.4 is 16.2 Å². The number of rotatable bonds is 11. The summed E-state index contributed by atoms with van der Waals surface area (Å²) in [6.07, 6.45) is 2.83. The number of anilines is 2. The van der Waals surface area contributed by atoms with Gasteiger partial charge in [0.05, 0.1) is 12.1 Å². The molecule has 0 radical (unpaired) electrons. The maximum absolute atomic E-state index is 13.9. The van der Waals surface area contributed by atoms with E-state index in [1.54, 1.807) is 28.8 Å². The molecule has 1 saturated heterocycles. The minimum atomic E-state index is -1.36. The first-order valence-electron chi connectivity index (χ1n) is 13.9. The number of nitrogens with zero attached hydrogens (tertiary/aromatic N) is 8. The fourth-order valence-corrected chi connectivity index (χ4v) is 6.43. The van der Waals surface area contributed by atoms with E-state index in [1.165, 1.54) is 10.2 Å². The smallest absolute Gasteiger partial charge is 0.268 e. The Labute approximate surface area is 248 Å². The molecule has 0 aliphatic carbocycles. The Kier molecular flexibility index (Phi) is 8.92. The second-order valence-electron chi connectivity index (χ2n) is 11.0. The summed E-state index contributed by atoms with van der Waals surface area (Å²) >= 11 is -1.36. The van der Waals surface area contributed by atoms with Crippen molar-refractivity contribution in [3.05, 3.63) is 70.3 Å². The molecule has 0 saturated carbocycles. The number of pyridine rings is 1. The molecule has 2 unspecified atom stereocenters. The average molecular weight is 591 g/mol. The van der Waals surface area contributed by atoms with Crippen LogP contribution in [0, 0.1) is 0 Å². The molecule has 0 bridgehead atoms. The van der Waals surface area contributed by atoms with Crippen molar-refractivity contribution in [2.75, 3.05) is 58.9 Å². The van der Waals surface area contributed by atoms with Gasteiger partial charge >= 0.3 is 0 Å². The Bertz CT molecular complexity index is 1620. The van der Waals surface area contributed by atoms with Gasteiger partial charge in [-0.3, -0.25) is 9.36 Å². The molecule has 13 heteroatoms. The zero-order valence-corrected chi connectivity index (χ0v) is 25.6. The molecular weight excluding hydrogens is 552 g/mol. The molecule has 2 N–H and O–H groups in total. The average Bonchev–Trinajstić information content (AvgIpc) is 3.63. The summed E-state index contributed by atoms with van der Waals surface area (Å²) in [5.41, 5.74) is 3.74. The van der Waals surface area contributed by atoms with Crippen LogP contribution in [-0.2, 0) is 24.8 Å². The molecule has 12 nitrogen and oxygen atoms in total. The van der Waals surface area contributed by atoms with Crippen molar-refractivity contribution in [3.8, 4) is 0 Å². The standard InChI is InChI=1S/C29H38N10O2S/c1-19(37(4)5)24-15-22-17-31-29(32-23-9-7-20(8-10-23)21-11-12-30-16-21)33-26(22)39(27(24)40)18-25-28(38(6)35-34-25)42(41)14-13-36(2)3/h7-10,15,17,21,30H,1,11-14,16,18H2,2-6H3,(H,31,32,33). The summed E-state index contributed by atoms with van der Waals surface area (Å²) in [5.74, 6) is 1.31. The van der Waals surface area contributed by atoms with Crippen molar-refractivity contribution < 1.29 is 4.55 Å². The van der Waals surface area contributed by atoms with Crippen molar-refractivity contribution in [2.45, 2.75) is 23.9 Å². The molecule has 2 atom stereocenters. The van der Waals surface area contributed by atoms with Crippen LogP contribution in [0.25, 0.3) is 16.7 Å². The van der Waals surface area contributed by atoms with Crippen LogP contribution in [0.4, 0.5) is 11.6 Å². The summed E-state index contributed by atoms with van der Waals surface area (Å²) in [4.78, 5) is 27.0. The molecule has 3 aromatic heterocycles. The predicted molar refractivity (Wildman–Crippen MR) is 166 cm³/mol. The Morgan fingerprint density at radius 2 is 2.00 bits per heavy atom. The monoisotopic (exact) mass is 590 g/mol. The van der Waals surface area contributed by atoms with Gasteiger partial charge in [0.15, 0.2) is 5.69 Å². The molecule has 0 spiro atoms. The van der Waals surface area contributed by atoms with Gasteiger partial charge in [-0.1, -0.05) is 23.9 Å². The third-order valence-corrected chi connectivity index (χ3v) is 8.95. The Morgan fingerprint density at radius 1 is 1.24 bits per heavy atom. The van der Waals surface area contributed by atoms with Crippen molar-refractivity contribution >= 4 is 39.5 Å². The molecule has 4 aromatic rings. The van der Waals surface area contributed by atoms with Gasteiger partial charge < -0.3 is 25.0 Å². The second kappa shape index (κ2) is 12.6. The van der Waals surface area contributed by atoms with E-state index < -0.39 is 11.2 Å². The van der Waals surface area contributed by atoms with Crippen LogP contribution in [0.5, 0.6) is 0 Å². The first kappa shape index (κ1) is 29.7. The first-order valence-corrected chi connectivity index (χ1v) is 15.2. The maximum atomic E-state index is 13.9. The molecule has 0 amide bonds. The largest absolute Gasteiger partial charge is 0.610 e. The number of aromatic nitrogens is 6. The van der Waals surface area contributed by atoms with Gasteiger partial charge in [-0.25, -0.2) is 9.67 Å². The van der Waals surface area contributed by atoms with E-state index in [4.69, 9.17) is 4.98 Å². The third-order valence-electron chi connectivity index (χ3n) is 7.46. The lowest BCUT2D eigenvalue weighted by molar-refractivity contribution is 0.431. The van der Waals surface area contributed by atoms with E-state index in [1.807, 2.05) is 45.2 Å². The Hall–Kier alpha value is -3.78. The molecule has 1 aromatic carbocycles. The second-order valence-corrected chi connectivity index (χ2v) is 12.5. The summed E-state index contributed by atoms with van der Waals surface area (Å²) in [7, 11) is 9.25. The number of fused-ring (bicyclic) bond motifs is 1. The van der Waals surface area contributed by atoms with Gasteiger partial charge in [-0.15, -0.1) is 5.10 Å². The molecule has 222 valence electrons. The lowest BCUT2D eigenvalue weighted by Crippen LogP contribution is -2.29. The molecule has 1 fully saturated rings. The summed E-state index contributed by atoms with van der Waals surface area (Å²) in [6, 6.07) is 10.1. The zero-order chi connectivity index (χ0) is 30.0. The highest BCUT2D eigenvalue weighted by Gasteiger charge is 2.26. The quantitative estimate of drug-likeness (QED) is 0.250. The van der Waals surface area contributed by atoms with Gasteiger partial charge in [-0.2, -0.15) is 4.98 Å². The predicted octanol–water partition coefficient (Wildman–Crippen LogP) is 1.99. The van der Waals surface area contributed by atoms with E-state index in [2.05, 4.69) is 44.6 Å². The van der Waals surface area contributed by atoms with Crippen LogP contribution in [0.3, 0.4) is 0 Å². The third kappa shape index (κ3) is 6.33. The molecule has 42 heavy (non-hydrogen) atoms. The normalized spacial score (nSPS) is 15.8. The van der Waals surface area contributed by atoms with Crippen LogP contribution in [0.2, 0.25) is 0 Å².